The van der Waals surface area contributed by atoms with Crippen molar-refractivity contribution in [3.05, 3.63) is 78.4 Å². The third-order valence-corrected chi connectivity index (χ3v) is 4.32. The molecule has 0 radical (unpaired) electrons. The summed E-state index contributed by atoms with van der Waals surface area (Å²) in [6.07, 6.45) is 1.86. The van der Waals surface area contributed by atoms with Crippen LogP contribution in [0.25, 0.3) is 0 Å². The number of rotatable bonds is 7. The topological polar surface area (TPSA) is 40.5 Å². The van der Waals surface area contributed by atoms with Gasteiger partial charge in [-0.05, 0) is 37.1 Å². The number of carboxylic acids is 1. The van der Waals surface area contributed by atoms with Crippen molar-refractivity contribution in [2.45, 2.75) is 19.3 Å². The summed E-state index contributed by atoms with van der Waals surface area (Å²) < 4.78 is 0. The van der Waals surface area contributed by atoms with Crippen molar-refractivity contribution in [3.8, 4) is 0 Å². The molecule has 0 aliphatic heterocycles. The Morgan fingerprint density at radius 1 is 1.13 bits per heavy atom. The van der Waals surface area contributed by atoms with E-state index < -0.39 is 11.4 Å². The third kappa shape index (κ3) is 3.29. The van der Waals surface area contributed by atoms with E-state index in [0.29, 0.717) is 0 Å². The smallest absolute Gasteiger partial charge is 0.318 e. The van der Waals surface area contributed by atoms with Crippen molar-refractivity contribution in [2.24, 2.45) is 0 Å². The van der Waals surface area contributed by atoms with Crippen molar-refractivity contribution >= 4 is 11.7 Å². The molecule has 23 heavy (non-hydrogen) atoms. The van der Waals surface area contributed by atoms with E-state index in [9.17, 15) is 9.90 Å². The summed E-state index contributed by atoms with van der Waals surface area (Å²) in [5.41, 5.74) is 1.56. The van der Waals surface area contributed by atoms with Gasteiger partial charge in [0.2, 0.25) is 0 Å². The van der Waals surface area contributed by atoms with Crippen LogP contribution in [0, 0.1) is 0 Å². The van der Waals surface area contributed by atoms with Crippen molar-refractivity contribution in [1.29, 1.82) is 0 Å². The molecule has 0 aromatic heterocycles. The standard InChI is InChI=1S/C20H23NO2/c1-4-15-21(5-2)18-13-11-17(12-14-18)20(3,19(22)23)16-9-7-6-8-10-16/h4,6-14H,1,5,15H2,2-3H3,(H,22,23). The fraction of sp³-hybridized carbons (Fsp3) is 0.250. The maximum atomic E-state index is 12.0. The Bertz CT molecular complexity index is 664. The summed E-state index contributed by atoms with van der Waals surface area (Å²) in [4.78, 5) is 14.2. The number of hydrogen-bond donors (Lipinski definition) is 1. The van der Waals surface area contributed by atoms with Crippen LogP contribution in [0.1, 0.15) is 25.0 Å². The maximum absolute atomic E-state index is 12.0. The molecule has 3 heteroatoms. The Morgan fingerprint density at radius 2 is 1.70 bits per heavy atom. The molecule has 0 saturated heterocycles. The normalized spacial score (nSPS) is 13.1. The minimum absolute atomic E-state index is 0.769. The number of hydrogen-bond acceptors (Lipinski definition) is 2. The quantitative estimate of drug-likeness (QED) is 0.783. The van der Waals surface area contributed by atoms with E-state index in [2.05, 4.69) is 18.4 Å². The second-order valence-electron chi connectivity index (χ2n) is 5.67. The Hall–Kier alpha value is -2.55. The van der Waals surface area contributed by atoms with Gasteiger partial charge in [0.15, 0.2) is 0 Å². The molecule has 0 heterocycles. The van der Waals surface area contributed by atoms with Gasteiger partial charge in [-0.2, -0.15) is 0 Å². The SMILES string of the molecule is C=CCN(CC)c1ccc(C(C)(C(=O)O)c2ccccc2)cc1. The number of aliphatic carboxylic acids is 1. The minimum atomic E-state index is -1.06. The van der Waals surface area contributed by atoms with E-state index >= 15 is 0 Å². The largest absolute Gasteiger partial charge is 0.480 e. The van der Waals surface area contributed by atoms with E-state index in [4.69, 9.17) is 0 Å². The molecule has 120 valence electrons. The first-order chi connectivity index (χ1) is 11.0. The van der Waals surface area contributed by atoms with Gasteiger partial charge in [-0.3, -0.25) is 4.79 Å². The van der Waals surface area contributed by atoms with Crippen LogP contribution in [0.5, 0.6) is 0 Å². The zero-order valence-corrected chi connectivity index (χ0v) is 13.7. The highest BCUT2D eigenvalue weighted by atomic mass is 16.4. The van der Waals surface area contributed by atoms with Crippen LogP contribution >= 0.6 is 0 Å². The van der Waals surface area contributed by atoms with Gasteiger partial charge in [0.1, 0.15) is 5.41 Å². The van der Waals surface area contributed by atoms with Crippen LogP contribution in [-0.4, -0.2) is 24.2 Å². The monoisotopic (exact) mass is 309 g/mol. The number of likely N-dealkylation sites (N-methyl/N-ethyl adjacent to an activating group) is 1. The molecule has 2 aromatic rings. The molecule has 0 saturated carbocycles. The molecule has 0 bridgehead atoms. The number of carbonyl (C=O) groups is 1. The fourth-order valence-corrected chi connectivity index (χ4v) is 2.76. The van der Waals surface area contributed by atoms with Crippen molar-refractivity contribution in [3.63, 3.8) is 0 Å². The lowest BCUT2D eigenvalue weighted by Crippen LogP contribution is -2.33. The third-order valence-electron chi connectivity index (χ3n) is 4.32. The number of benzene rings is 2. The molecule has 1 N–H and O–H groups in total. The average molecular weight is 309 g/mol. The first kappa shape index (κ1) is 16.8. The van der Waals surface area contributed by atoms with Crippen molar-refractivity contribution < 1.29 is 9.90 Å². The van der Waals surface area contributed by atoms with E-state index in [0.717, 1.165) is 29.9 Å². The lowest BCUT2D eigenvalue weighted by atomic mass is 9.76. The summed E-state index contributed by atoms with van der Waals surface area (Å²) in [7, 11) is 0. The van der Waals surface area contributed by atoms with Gasteiger partial charge in [0, 0.05) is 18.8 Å². The molecule has 1 atom stereocenters. The predicted octanol–water partition coefficient (Wildman–Crippen LogP) is 4.09. The molecule has 2 rings (SSSR count). The molecule has 0 aliphatic carbocycles. The van der Waals surface area contributed by atoms with Gasteiger partial charge in [-0.25, -0.2) is 0 Å². The van der Waals surface area contributed by atoms with E-state index in [1.165, 1.54) is 0 Å². The molecule has 3 nitrogen and oxygen atoms in total. The van der Waals surface area contributed by atoms with Crippen LogP contribution in [-0.2, 0) is 10.2 Å². The van der Waals surface area contributed by atoms with Gasteiger partial charge in [-0.15, -0.1) is 6.58 Å². The number of carboxylic acid groups (broad SMARTS) is 1. The number of anilines is 1. The molecular weight excluding hydrogens is 286 g/mol. The van der Waals surface area contributed by atoms with Gasteiger partial charge in [-0.1, -0.05) is 48.5 Å². The summed E-state index contributed by atoms with van der Waals surface area (Å²) in [5, 5.41) is 9.82. The summed E-state index contributed by atoms with van der Waals surface area (Å²) in [6, 6.07) is 17.1. The van der Waals surface area contributed by atoms with Gasteiger partial charge >= 0.3 is 5.97 Å². The first-order valence-electron chi connectivity index (χ1n) is 7.79. The molecular formula is C20H23NO2. The first-order valence-corrected chi connectivity index (χ1v) is 7.79. The summed E-state index contributed by atoms with van der Waals surface area (Å²) >= 11 is 0. The second kappa shape index (κ2) is 7.14. The highest BCUT2D eigenvalue weighted by Gasteiger charge is 2.37. The molecule has 2 aromatic carbocycles. The number of nitrogens with zero attached hydrogens (tertiary/aromatic N) is 1. The minimum Gasteiger partial charge on any atom is -0.480 e. The molecule has 1 unspecified atom stereocenters. The zero-order valence-electron chi connectivity index (χ0n) is 13.7. The highest BCUT2D eigenvalue weighted by Crippen LogP contribution is 2.33. The van der Waals surface area contributed by atoms with E-state index in [1.54, 1.807) is 6.92 Å². The van der Waals surface area contributed by atoms with Crippen molar-refractivity contribution in [1.82, 2.24) is 0 Å². The van der Waals surface area contributed by atoms with E-state index in [-0.39, 0.29) is 0 Å². The van der Waals surface area contributed by atoms with Crippen molar-refractivity contribution in [2.75, 3.05) is 18.0 Å². The van der Waals surface area contributed by atoms with Crippen LogP contribution in [0.2, 0.25) is 0 Å². The van der Waals surface area contributed by atoms with Crippen LogP contribution in [0.4, 0.5) is 5.69 Å². The Balaban J connectivity index is 2.42. The zero-order chi connectivity index (χ0) is 16.9. The Morgan fingerprint density at radius 3 is 2.17 bits per heavy atom. The Labute approximate surface area is 137 Å². The lowest BCUT2D eigenvalue weighted by Gasteiger charge is -2.27. The van der Waals surface area contributed by atoms with Crippen LogP contribution in [0.3, 0.4) is 0 Å². The molecule has 0 aliphatic rings. The average Bonchev–Trinajstić information content (AvgIpc) is 2.59. The predicted molar refractivity (Wildman–Crippen MR) is 95.1 cm³/mol. The van der Waals surface area contributed by atoms with Crippen LogP contribution in [0.15, 0.2) is 67.3 Å². The van der Waals surface area contributed by atoms with Gasteiger partial charge < -0.3 is 10.0 Å². The van der Waals surface area contributed by atoms with Crippen LogP contribution < -0.4 is 4.90 Å². The van der Waals surface area contributed by atoms with E-state index in [1.807, 2.05) is 60.7 Å². The summed E-state index contributed by atoms with van der Waals surface area (Å²) in [5.74, 6) is -0.852. The molecule has 0 fully saturated rings. The van der Waals surface area contributed by atoms with Gasteiger partial charge in [0.05, 0.1) is 0 Å². The van der Waals surface area contributed by atoms with Gasteiger partial charge in [0.25, 0.3) is 0 Å². The summed E-state index contributed by atoms with van der Waals surface area (Å²) in [6.45, 7) is 9.26. The Kier molecular flexibility index (Phi) is 5.22. The highest BCUT2D eigenvalue weighted by molar-refractivity contribution is 5.85. The fourth-order valence-electron chi connectivity index (χ4n) is 2.76. The maximum Gasteiger partial charge on any atom is 0.318 e. The lowest BCUT2D eigenvalue weighted by molar-refractivity contribution is -0.141. The second-order valence-corrected chi connectivity index (χ2v) is 5.67. The molecule has 0 amide bonds. The molecule has 0 spiro atoms.